The lowest BCUT2D eigenvalue weighted by molar-refractivity contribution is 0.598. The summed E-state index contributed by atoms with van der Waals surface area (Å²) < 4.78 is 21.8. The summed E-state index contributed by atoms with van der Waals surface area (Å²) in [5.41, 5.74) is 0. The van der Waals surface area contributed by atoms with E-state index in [1.165, 1.54) is 18.3 Å². The van der Waals surface area contributed by atoms with Gasteiger partial charge in [0.2, 0.25) is 10.0 Å². The van der Waals surface area contributed by atoms with Crippen LogP contribution >= 0.6 is 0 Å². The summed E-state index contributed by atoms with van der Waals surface area (Å²) in [4.78, 5) is 3.80. The molecule has 0 aliphatic rings. The molecule has 1 aromatic rings. The van der Waals surface area contributed by atoms with E-state index in [0.717, 1.165) is 0 Å². The molecule has 1 aromatic heterocycles. The lowest BCUT2D eigenvalue weighted by Gasteiger charge is -2.03. The van der Waals surface area contributed by atoms with Gasteiger partial charge in [0.15, 0.2) is 0 Å². The zero-order chi connectivity index (χ0) is 9.19. The first-order valence-electron chi connectivity index (χ1n) is 3.21. The maximum Gasteiger partial charge on any atom is 0.241 e. The molecule has 0 saturated heterocycles. The van der Waals surface area contributed by atoms with Crippen LogP contribution in [0.2, 0.25) is 0 Å². The summed E-state index contributed by atoms with van der Waals surface area (Å²) in [7, 11) is -2.09. The van der Waals surface area contributed by atoms with Crippen molar-refractivity contribution in [2.24, 2.45) is 5.14 Å². The summed E-state index contributed by atoms with van der Waals surface area (Å²) >= 11 is 0. The highest BCUT2D eigenvalue weighted by Crippen LogP contribution is 2.14. The molecule has 6 heteroatoms. The van der Waals surface area contributed by atoms with E-state index >= 15 is 0 Å². The van der Waals surface area contributed by atoms with Gasteiger partial charge in [-0.1, -0.05) is 0 Å². The number of sulfonamides is 1. The first-order valence-corrected chi connectivity index (χ1v) is 4.76. The Labute approximate surface area is 70.7 Å². The third kappa shape index (κ3) is 1.72. The van der Waals surface area contributed by atoms with Gasteiger partial charge in [-0.3, -0.25) is 0 Å². The third-order valence-corrected chi connectivity index (χ3v) is 2.26. The Hall–Kier alpha value is -1.14. The zero-order valence-corrected chi connectivity index (χ0v) is 7.30. The first-order chi connectivity index (χ1) is 5.55. The van der Waals surface area contributed by atoms with Crippen LogP contribution in [0.4, 0.5) is 5.82 Å². The van der Waals surface area contributed by atoms with Crippen molar-refractivity contribution in [1.82, 2.24) is 4.98 Å². The topological polar surface area (TPSA) is 85.1 Å². The third-order valence-electron chi connectivity index (χ3n) is 1.31. The van der Waals surface area contributed by atoms with E-state index in [-0.39, 0.29) is 10.7 Å². The second-order valence-corrected chi connectivity index (χ2v) is 3.67. The van der Waals surface area contributed by atoms with E-state index in [1.807, 2.05) is 0 Å². The van der Waals surface area contributed by atoms with Gasteiger partial charge in [0.25, 0.3) is 0 Å². The Morgan fingerprint density at radius 3 is 2.67 bits per heavy atom. The Balaban J connectivity index is 3.33. The molecular formula is C6H9N3O2S. The van der Waals surface area contributed by atoms with Crippen LogP contribution in [0.15, 0.2) is 23.2 Å². The van der Waals surface area contributed by atoms with Crippen molar-refractivity contribution in [3.63, 3.8) is 0 Å². The van der Waals surface area contributed by atoms with Crippen LogP contribution in [0.25, 0.3) is 0 Å². The van der Waals surface area contributed by atoms with Crippen LogP contribution in [0.5, 0.6) is 0 Å². The molecule has 0 unspecified atom stereocenters. The highest BCUT2D eigenvalue weighted by Gasteiger charge is 2.12. The average molecular weight is 187 g/mol. The van der Waals surface area contributed by atoms with Gasteiger partial charge in [-0.2, -0.15) is 0 Å². The Morgan fingerprint density at radius 2 is 2.25 bits per heavy atom. The lowest BCUT2D eigenvalue weighted by atomic mass is 10.5. The van der Waals surface area contributed by atoms with Crippen molar-refractivity contribution in [1.29, 1.82) is 0 Å². The van der Waals surface area contributed by atoms with Gasteiger partial charge in [0, 0.05) is 13.2 Å². The average Bonchev–Trinajstić information content (AvgIpc) is 2.03. The van der Waals surface area contributed by atoms with Gasteiger partial charge in [-0.25, -0.2) is 18.5 Å². The fourth-order valence-electron chi connectivity index (χ4n) is 0.808. The lowest BCUT2D eigenvalue weighted by Crippen LogP contribution is -2.14. The Morgan fingerprint density at radius 1 is 1.58 bits per heavy atom. The minimum absolute atomic E-state index is 0.00694. The molecule has 0 spiro atoms. The SMILES string of the molecule is CNc1ncccc1S(N)(=O)=O. The van der Waals surface area contributed by atoms with Crippen LogP contribution in [0, 0.1) is 0 Å². The summed E-state index contributed by atoms with van der Waals surface area (Å²) in [6.45, 7) is 0. The molecule has 0 saturated carbocycles. The van der Waals surface area contributed by atoms with Crippen molar-refractivity contribution < 1.29 is 8.42 Å². The monoisotopic (exact) mass is 187 g/mol. The largest absolute Gasteiger partial charge is 0.372 e. The van der Waals surface area contributed by atoms with Crippen molar-refractivity contribution in [3.8, 4) is 0 Å². The minimum Gasteiger partial charge on any atom is -0.372 e. The van der Waals surface area contributed by atoms with Crippen LogP contribution in [0.3, 0.4) is 0 Å². The second-order valence-electron chi connectivity index (χ2n) is 2.15. The number of nitrogens with two attached hydrogens (primary N) is 1. The molecule has 0 aliphatic carbocycles. The summed E-state index contributed by atoms with van der Waals surface area (Å²) in [6.07, 6.45) is 1.49. The molecule has 0 bridgehead atoms. The summed E-state index contributed by atoms with van der Waals surface area (Å²) in [5.74, 6) is 0.264. The number of pyridine rings is 1. The smallest absolute Gasteiger partial charge is 0.241 e. The van der Waals surface area contributed by atoms with E-state index in [1.54, 1.807) is 7.05 Å². The quantitative estimate of drug-likeness (QED) is 0.669. The molecule has 0 amide bonds. The number of aromatic nitrogens is 1. The molecular weight excluding hydrogens is 178 g/mol. The number of hydrogen-bond donors (Lipinski definition) is 2. The molecule has 3 N–H and O–H groups in total. The van der Waals surface area contributed by atoms with Gasteiger partial charge in [0.05, 0.1) is 0 Å². The van der Waals surface area contributed by atoms with E-state index in [2.05, 4.69) is 10.3 Å². The van der Waals surface area contributed by atoms with Gasteiger partial charge >= 0.3 is 0 Å². The fourth-order valence-corrected chi connectivity index (χ4v) is 1.50. The molecule has 0 aliphatic heterocycles. The number of hydrogen-bond acceptors (Lipinski definition) is 4. The predicted octanol–water partition coefficient (Wildman–Crippen LogP) is -0.229. The molecule has 1 heterocycles. The minimum atomic E-state index is -3.67. The number of nitrogens with one attached hydrogen (secondary N) is 1. The van der Waals surface area contributed by atoms with E-state index in [0.29, 0.717) is 0 Å². The molecule has 0 radical (unpaired) electrons. The van der Waals surface area contributed by atoms with Gasteiger partial charge < -0.3 is 5.32 Å². The first kappa shape index (κ1) is 8.95. The molecule has 66 valence electrons. The second kappa shape index (κ2) is 3.08. The van der Waals surface area contributed by atoms with Gasteiger partial charge in [-0.15, -0.1) is 0 Å². The normalized spacial score (nSPS) is 11.2. The molecule has 0 atom stereocenters. The van der Waals surface area contributed by atoms with Crippen LogP contribution in [-0.2, 0) is 10.0 Å². The maximum atomic E-state index is 10.9. The van der Waals surface area contributed by atoms with E-state index < -0.39 is 10.0 Å². The van der Waals surface area contributed by atoms with Crippen molar-refractivity contribution >= 4 is 15.8 Å². The molecule has 5 nitrogen and oxygen atoms in total. The number of primary sulfonamides is 1. The summed E-state index contributed by atoms with van der Waals surface area (Å²) in [5, 5.41) is 7.56. The van der Waals surface area contributed by atoms with Crippen LogP contribution in [0.1, 0.15) is 0 Å². The highest BCUT2D eigenvalue weighted by molar-refractivity contribution is 7.89. The molecule has 1 rings (SSSR count). The highest BCUT2D eigenvalue weighted by atomic mass is 32.2. The van der Waals surface area contributed by atoms with Crippen LogP contribution < -0.4 is 10.5 Å². The van der Waals surface area contributed by atoms with Gasteiger partial charge in [0.1, 0.15) is 10.7 Å². The molecule has 12 heavy (non-hydrogen) atoms. The predicted molar refractivity (Wildman–Crippen MR) is 45.2 cm³/mol. The van der Waals surface area contributed by atoms with Crippen molar-refractivity contribution in [2.45, 2.75) is 4.90 Å². The van der Waals surface area contributed by atoms with Gasteiger partial charge in [-0.05, 0) is 12.1 Å². The van der Waals surface area contributed by atoms with Crippen molar-refractivity contribution in [3.05, 3.63) is 18.3 Å². The zero-order valence-electron chi connectivity index (χ0n) is 6.48. The van der Waals surface area contributed by atoms with E-state index in [4.69, 9.17) is 5.14 Å². The summed E-state index contributed by atoms with van der Waals surface area (Å²) in [6, 6.07) is 2.91. The number of anilines is 1. The number of rotatable bonds is 2. The Bertz CT molecular complexity index is 374. The van der Waals surface area contributed by atoms with Crippen LogP contribution in [-0.4, -0.2) is 20.4 Å². The maximum absolute atomic E-state index is 10.9. The Kier molecular flexibility index (Phi) is 2.30. The van der Waals surface area contributed by atoms with E-state index in [9.17, 15) is 8.42 Å². The fraction of sp³-hybridized carbons (Fsp3) is 0.167. The molecule has 0 aromatic carbocycles. The van der Waals surface area contributed by atoms with Crippen molar-refractivity contribution in [2.75, 3.05) is 12.4 Å². The molecule has 0 fully saturated rings. The number of nitrogens with zero attached hydrogens (tertiary/aromatic N) is 1. The standard InChI is InChI=1S/C6H9N3O2S/c1-8-6-5(12(7,10)11)3-2-4-9-6/h2-4H,1H3,(H,8,9)(H2,7,10,11).